The third-order valence-electron chi connectivity index (χ3n) is 2.95. The number of hydrogen-bond donors (Lipinski definition) is 2. The molecule has 0 aliphatic carbocycles. The van der Waals surface area contributed by atoms with E-state index in [1.165, 1.54) is 13.2 Å². The minimum atomic E-state index is -4.08. The third-order valence-corrected chi connectivity index (χ3v) is 4.08. The van der Waals surface area contributed by atoms with Gasteiger partial charge in [0.05, 0.1) is 18.1 Å². The average Bonchev–Trinajstić information content (AvgIpc) is 2.52. The van der Waals surface area contributed by atoms with Crippen LogP contribution in [-0.2, 0) is 10.1 Å². The molecule has 25 heavy (non-hydrogen) atoms. The van der Waals surface area contributed by atoms with Crippen molar-refractivity contribution in [1.82, 2.24) is 0 Å². The molecule has 0 bridgehead atoms. The van der Waals surface area contributed by atoms with Crippen LogP contribution in [0.1, 0.15) is 21.5 Å². The summed E-state index contributed by atoms with van der Waals surface area (Å²) in [7, 11) is -2.60. The van der Waals surface area contributed by atoms with E-state index >= 15 is 0 Å². The molecular weight excluding hydrogens is 410 g/mol. The molecule has 3 N–H and O–H groups in total. The number of methoxy groups -OCH3 is 1. The van der Waals surface area contributed by atoms with Gasteiger partial charge in [-0.1, -0.05) is 24.3 Å². The number of primary amides is 1. The van der Waals surface area contributed by atoms with Crippen molar-refractivity contribution in [2.45, 2.75) is 6.92 Å². The first-order valence-electron chi connectivity index (χ1n) is 6.98. The highest BCUT2D eigenvalue weighted by atomic mass is 79.9. The van der Waals surface area contributed by atoms with Crippen LogP contribution in [0.15, 0.2) is 52.3 Å². The van der Waals surface area contributed by atoms with Crippen LogP contribution >= 0.6 is 15.9 Å². The zero-order valence-corrected chi connectivity index (χ0v) is 16.0. The Kier molecular flexibility index (Phi) is 7.82. The molecule has 2 rings (SSSR count). The number of carbonyl (C=O) groups excluding carboxylic acids is 1. The monoisotopic (exact) mass is 427 g/mol. The summed E-state index contributed by atoms with van der Waals surface area (Å²) in [5.74, 6) is 0.143. The number of carbonyl (C=O) groups is 1. The van der Waals surface area contributed by atoms with Gasteiger partial charge in [-0.05, 0) is 52.7 Å². The number of para-hydroxylation sites is 1. The molecule has 0 aromatic heterocycles. The Labute approximate surface area is 155 Å². The lowest BCUT2D eigenvalue weighted by Gasteiger charge is -2.02. The predicted molar refractivity (Wildman–Crippen MR) is 101 cm³/mol. The van der Waals surface area contributed by atoms with Crippen molar-refractivity contribution < 1.29 is 22.5 Å². The fraction of sp³-hybridized carbons (Fsp3) is 0.118. The topological polar surface area (TPSA) is 107 Å². The van der Waals surface area contributed by atoms with Crippen LogP contribution in [-0.4, -0.2) is 26.0 Å². The fourth-order valence-corrected chi connectivity index (χ4v) is 2.79. The number of ether oxygens (including phenoxy) is 1. The van der Waals surface area contributed by atoms with Gasteiger partial charge >= 0.3 is 0 Å². The van der Waals surface area contributed by atoms with Gasteiger partial charge in [-0.2, -0.15) is 8.42 Å². The van der Waals surface area contributed by atoms with Gasteiger partial charge in [0.2, 0.25) is 5.91 Å². The quantitative estimate of drug-likeness (QED) is 0.726. The molecule has 0 saturated heterocycles. The summed E-state index contributed by atoms with van der Waals surface area (Å²) in [4.78, 5) is 10.7. The lowest BCUT2D eigenvalue weighted by atomic mass is 10.1. The molecule has 8 heteroatoms. The normalized spacial score (nSPS) is 10.9. The molecule has 6 nitrogen and oxygen atoms in total. The lowest BCUT2D eigenvalue weighted by Crippen LogP contribution is -2.11. The highest BCUT2D eigenvalue weighted by Gasteiger charge is 2.04. The van der Waals surface area contributed by atoms with Crippen LogP contribution in [0.5, 0.6) is 5.75 Å². The van der Waals surface area contributed by atoms with Crippen molar-refractivity contribution in [3.63, 3.8) is 0 Å². The van der Waals surface area contributed by atoms with Crippen LogP contribution in [0.2, 0.25) is 0 Å². The Morgan fingerprint density at radius 1 is 1.24 bits per heavy atom. The van der Waals surface area contributed by atoms with Crippen molar-refractivity contribution >= 4 is 38.0 Å². The summed E-state index contributed by atoms with van der Waals surface area (Å²) >= 11 is 3.25. The number of halogens is 1. The largest absolute Gasteiger partial charge is 0.496 e. The van der Waals surface area contributed by atoms with Gasteiger partial charge in [0.15, 0.2) is 0 Å². The lowest BCUT2D eigenvalue weighted by molar-refractivity contribution is 0.0999. The highest BCUT2D eigenvalue weighted by molar-refractivity contribution is 9.10. The minimum absolute atomic E-state index is 0.406. The summed E-state index contributed by atoms with van der Waals surface area (Å²) in [6.07, 6.45) is 1.27. The number of hydrogen-bond acceptors (Lipinski definition) is 4. The maximum absolute atomic E-state index is 10.7. The molecule has 0 spiro atoms. The first-order chi connectivity index (χ1) is 11.6. The summed E-state index contributed by atoms with van der Waals surface area (Å²) < 4.78 is 35.1. The molecule has 0 fully saturated rings. The number of aryl methyl sites for hydroxylation is 1. The molecule has 0 aliphatic heterocycles. The van der Waals surface area contributed by atoms with E-state index in [0.29, 0.717) is 22.3 Å². The van der Waals surface area contributed by atoms with Crippen molar-refractivity contribution in [3.8, 4) is 5.75 Å². The fourth-order valence-electron chi connectivity index (χ4n) is 1.78. The SMILES string of the molecule is COc1ccccc1/C=C/S(=O)(=O)O.Cc1ccc(C(N)=O)c(Br)c1. The van der Waals surface area contributed by atoms with Crippen LogP contribution in [0.25, 0.3) is 6.08 Å². The number of benzene rings is 2. The Balaban J connectivity index is 0.000000257. The molecule has 0 saturated carbocycles. The molecular formula is C17H18BrNO5S. The van der Waals surface area contributed by atoms with Crippen molar-refractivity contribution in [2.24, 2.45) is 5.73 Å². The van der Waals surface area contributed by atoms with E-state index in [2.05, 4.69) is 15.9 Å². The number of nitrogens with two attached hydrogens (primary N) is 1. The van der Waals surface area contributed by atoms with Gasteiger partial charge in [-0.3, -0.25) is 9.35 Å². The Hall–Kier alpha value is -2.16. The molecule has 0 heterocycles. The Morgan fingerprint density at radius 2 is 1.88 bits per heavy atom. The summed E-state index contributed by atoms with van der Waals surface area (Å²) in [6, 6.07) is 12.3. The second-order valence-electron chi connectivity index (χ2n) is 4.91. The van der Waals surface area contributed by atoms with Gasteiger partial charge in [0.25, 0.3) is 10.1 Å². The van der Waals surface area contributed by atoms with Crippen molar-refractivity contribution in [1.29, 1.82) is 0 Å². The molecule has 0 unspecified atom stereocenters. The second-order valence-corrected chi connectivity index (χ2v) is 7.06. The molecule has 1 amide bonds. The van der Waals surface area contributed by atoms with E-state index in [1.807, 2.05) is 19.1 Å². The Bertz CT molecular complexity index is 878. The average molecular weight is 428 g/mol. The maximum atomic E-state index is 10.7. The number of amides is 1. The maximum Gasteiger partial charge on any atom is 0.287 e. The van der Waals surface area contributed by atoms with Gasteiger partial charge < -0.3 is 10.5 Å². The standard InChI is InChI=1S/C9H10O4S.C8H8BrNO/c1-13-9-5-3-2-4-8(9)6-7-14(10,11)12;1-5-2-3-6(8(10)11)7(9)4-5/h2-7H,1H3,(H,10,11,12);2-4H,1H3,(H2,10,11)/b7-6+;. The van der Waals surface area contributed by atoms with Crippen LogP contribution < -0.4 is 10.5 Å². The van der Waals surface area contributed by atoms with Gasteiger partial charge in [0, 0.05) is 10.0 Å². The van der Waals surface area contributed by atoms with E-state index < -0.39 is 16.0 Å². The van der Waals surface area contributed by atoms with Crippen molar-refractivity contribution in [2.75, 3.05) is 7.11 Å². The van der Waals surface area contributed by atoms with E-state index in [0.717, 1.165) is 10.0 Å². The van der Waals surface area contributed by atoms with E-state index in [-0.39, 0.29) is 0 Å². The number of rotatable bonds is 4. The van der Waals surface area contributed by atoms with E-state index in [4.69, 9.17) is 15.0 Å². The molecule has 2 aromatic rings. The predicted octanol–water partition coefficient (Wildman–Crippen LogP) is 3.41. The minimum Gasteiger partial charge on any atom is -0.496 e. The second kappa shape index (κ2) is 9.36. The van der Waals surface area contributed by atoms with Crippen LogP contribution in [0.4, 0.5) is 0 Å². The zero-order valence-electron chi connectivity index (χ0n) is 13.6. The first kappa shape index (κ1) is 20.9. The van der Waals surface area contributed by atoms with Gasteiger partial charge in [-0.15, -0.1) is 0 Å². The molecule has 2 aromatic carbocycles. The van der Waals surface area contributed by atoms with Crippen LogP contribution in [0.3, 0.4) is 0 Å². The summed E-state index contributed by atoms with van der Waals surface area (Å²) in [6.45, 7) is 1.95. The van der Waals surface area contributed by atoms with Crippen molar-refractivity contribution in [3.05, 3.63) is 69.0 Å². The van der Waals surface area contributed by atoms with Gasteiger partial charge in [0.1, 0.15) is 5.75 Å². The summed E-state index contributed by atoms with van der Waals surface area (Å²) in [5.41, 5.74) is 7.31. The third kappa shape index (κ3) is 7.51. The summed E-state index contributed by atoms with van der Waals surface area (Å²) in [5, 5.41) is 0.713. The highest BCUT2D eigenvalue weighted by Crippen LogP contribution is 2.19. The van der Waals surface area contributed by atoms with E-state index in [9.17, 15) is 13.2 Å². The molecule has 0 atom stereocenters. The van der Waals surface area contributed by atoms with E-state index in [1.54, 1.807) is 30.3 Å². The zero-order chi connectivity index (χ0) is 19.0. The van der Waals surface area contributed by atoms with Gasteiger partial charge in [-0.25, -0.2) is 0 Å². The smallest absolute Gasteiger partial charge is 0.287 e. The molecule has 0 radical (unpaired) electrons. The van der Waals surface area contributed by atoms with Crippen LogP contribution in [0, 0.1) is 6.92 Å². The molecule has 134 valence electrons. The Morgan fingerprint density at radius 3 is 2.40 bits per heavy atom. The first-order valence-corrected chi connectivity index (χ1v) is 9.28. The molecule has 0 aliphatic rings.